The minimum absolute atomic E-state index is 0.00694. The summed E-state index contributed by atoms with van der Waals surface area (Å²) in [7, 11) is 0. The number of ether oxygens (including phenoxy) is 1. The van der Waals surface area contributed by atoms with Gasteiger partial charge in [0.2, 0.25) is 0 Å². The van der Waals surface area contributed by atoms with E-state index in [9.17, 15) is 4.79 Å². The minimum atomic E-state index is -0.403. The summed E-state index contributed by atoms with van der Waals surface area (Å²) in [5.74, 6) is -0.104. The Hall–Kier alpha value is -0.570. The number of rotatable bonds is 0. The monoisotopic (exact) mass is 129 g/mol. The second-order valence-corrected chi connectivity index (χ2v) is 2.53. The molecular weight excluding hydrogens is 118 g/mol. The topological polar surface area (TPSA) is 52.3 Å². The van der Waals surface area contributed by atoms with Crippen molar-refractivity contribution < 1.29 is 9.53 Å². The lowest BCUT2D eigenvalue weighted by Crippen LogP contribution is -2.31. The molecule has 0 aromatic rings. The third-order valence-electron chi connectivity index (χ3n) is 1.88. The van der Waals surface area contributed by atoms with Gasteiger partial charge in [-0.2, -0.15) is 0 Å². The van der Waals surface area contributed by atoms with Gasteiger partial charge in [-0.1, -0.05) is 6.92 Å². The first-order valence-electron chi connectivity index (χ1n) is 3.09. The zero-order valence-corrected chi connectivity index (χ0v) is 5.63. The number of nitrogens with two attached hydrogens (primary N) is 1. The van der Waals surface area contributed by atoms with E-state index < -0.39 is 6.04 Å². The molecule has 0 saturated carbocycles. The first-order valence-corrected chi connectivity index (χ1v) is 3.09. The highest BCUT2D eigenvalue weighted by atomic mass is 16.6. The fourth-order valence-corrected chi connectivity index (χ4v) is 0.876. The van der Waals surface area contributed by atoms with Crippen LogP contribution in [0.15, 0.2) is 0 Å². The summed E-state index contributed by atoms with van der Waals surface area (Å²) in [5.41, 5.74) is 5.44. The molecule has 52 valence electrons. The van der Waals surface area contributed by atoms with E-state index >= 15 is 0 Å². The quantitative estimate of drug-likeness (QED) is 0.464. The van der Waals surface area contributed by atoms with E-state index in [1.807, 2.05) is 13.8 Å². The highest BCUT2D eigenvalue weighted by Gasteiger charge is 2.36. The Morgan fingerprint density at radius 2 is 2.11 bits per heavy atom. The Kier molecular flexibility index (Phi) is 1.45. The summed E-state index contributed by atoms with van der Waals surface area (Å²) < 4.78 is 4.82. The zero-order valence-electron chi connectivity index (χ0n) is 5.63. The van der Waals surface area contributed by atoms with Crippen LogP contribution in [0.25, 0.3) is 0 Å². The van der Waals surface area contributed by atoms with Crippen molar-refractivity contribution >= 4 is 5.97 Å². The summed E-state index contributed by atoms with van der Waals surface area (Å²) in [6.45, 7) is 3.77. The van der Waals surface area contributed by atoms with E-state index in [4.69, 9.17) is 10.5 Å². The van der Waals surface area contributed by atoms with Gasteiger partial charge in [-0.15, -0.1) is 0 Å². The minimum Gasteiger partial charge on any atom is -0.461 e. The molecule has 0 amide bonds. The molecule has 1 saturated heterocycles. The molecule has 1 fully saturated rings. The van der Waals surface area contributed by atoms with Crippen molar-refractivity contribution in [3.8, 4) is 0 Å². The molecule has 0 aliphatic carbocycles. The standard InChI is InChI=1S/C6H11NO2/c1-3-4(2)9-6(8)5(3)7/h3-5H,7H2,1-2H3/t3?,4-,5?/m1/s1. The van der Waals surface area contributed by atoms with Gasteiger partial charge in [-0.25, -0.2) is 0 Å². The van der Waals surface area contributed by atoms with Gasteiger partial charge in [0.25, 0.3) is 0 Å². The molecule has 3 heteroatoms. The van der Waals surface area contributed by atoms with E-state index in [-0.39, 0.29) is 18.0 Å². The number of hydrogen-bond donors (Lipinski definition) is 1. The largest absolute Gasteiger partial charge is 0.461 e. The van der Waals surface area contributed by atoms with Crippen molar-refractivity contribution in [3.05, 3.63) is 0 Å². The van der Waals surface area contributed by atoms with E-state index in [2.05, 4.69) is 0 Å². The van der Waals surface area contributed by atoms with Gasteiger partial charge >= 0.3 is 5.97 Å². The van der Waals surface area contributed by atoms with E-state index in [1.165, 1.54) is 0 Å². The van der Waals surface area contributed by atoms with Crippen LogP contribution in [0.2, 0.25) is 0 Å². The zero-order chi connectivity index (χ0) is 7.02. The summed E-state index contributed by atoms with van der Waals surface area (Å²) in [6.07, 6.45) is -0.00694. The first-order chi connectivity index (χ1) is 4.13. The number of carbonyl (C=O) groups excluding carboxylic acids is 1. The Morgan fingerprint density at radius 3 is 2.22 bits per heavy atom. The summed E-state index contributed by atoms with van der Waals surface area (Å²) in [5, 5.41) is 0. The summed E-state index contributed by atoms with van der Waals surface area (Å²) in [4.78, 5) is 10.6. The maximum Gasteiger partial charge on any atom is 0.323 e. The maximum atomic E-state index is 10.6. The van der Waals surface area contributed by atoms with Crippen LogP contribution in [0.4, 0.5) is 0 Å². The lowest BCUT2D eigenvalue weighted by molar-refractivity contribution is -0.141. The summed E-state index contributed by atoms with van der Waals surface area (Å²) >= 11 is 0. The number of carbonyl (C=O) groups is 1. The molecule has 2 N–H and O–H groups in total. The maximum absolute atomic E-state index is 10.6. The average molecular weight is 129 g/mol. The number of esters is 1. The van der Waals surface area contributed by atoms with Gasteiger partial charge in [0.1, 0.15) is 12.1 Å². The Bertz CT molecular complexity index is 135. The van der Waals surface area contributed by atoms with Crippen LogP contribution in [0.1, 0.15) is 13.8 Å². The molecule has 1 aliphatic rings. The Morgan fingerprint density at radius 1 is 1.56 bits per heavy atom. The van der Waals surface area contributed by atoms with Crippen molar-refractivity contribution in [2.24, 2.45) is 11.7 Å². The predicted molar refractivity (Wildman–Crippen MR) is 32.7 cm³/mol. The van der Waals surface area contributed by atoms with E-state index in [1.54, 1.807) is 0 Å². The lowest BCUT2D eigenvalue weighted by Gasteiger charge is -2.06. The first kappa shape index (κ1) is 6.55. The van der Waals surface area contributed by atoms with Crippen LogP contribution in [0.5, 0.6) is 0 Å². The van der Waals surface area contributed by atoms with Crippen LogP contribution >= 0.6 is 0 Å². The molecular formula is C6H11NO2. The predicted octanol–water partition coefficient (Wildman–Crippen LogP) is -0.105. The van der Waals surface area contributed by atoms with Crippen LogP contribution < -0.4 is 5.73 Å². The summed E-state index contributed by atoms with van der Waals surface area (Å²) in [6, 6.07) is -0.403. The normalized spacial score (nSPS) is 43.0. The third kappa shape index (κ3) is 0.920. The molecule has 1 heterocycles. The molecule has 1 aliphatic heterocycles. The number of cyclic esters (lactones) is 1. The van der Waals surface area contributed by atoms with Crippen LogP contribution in [0.3, 0.4) is 0 Å². The van der Waals surface area contributed by atoms with Gasteiger partial charge in [0.05, 0.1) is 0 Å². The second kappa shape index (κ2) is 1.99. The molecule has 9 heavy (non-hydrogen) atoms. The Balaban J connectivity index is 2.65. The van der Waals surface area contributed by atoms with Gasteiger partial charge in [-0.05, 0) is 6.92 Å². The van der Waals surface area contributed by atoms with Crippen molar-refractivity contribution in [2.45, 2.75) is 26.0 Å². The SMILES string of the molecule is CC1C(N)C(=O)O[C@@H]1C. The molecule has 0 aromatic carbocycles. The van der Waals surface area contributed by atoms with Gasteiger partial charge in [0, 0.05) is 5.92 Å². The van der Waals surface area contributed by atoms with E-state index in [0.29, 0.717) is 0 Å². The smallest absolute Gasteiger partial charge is 0.323 e. The van der Waals surface area contributed by atoms with Gasteiger partial charge < -0.3 is 10.5 Å². The highest BCUT2D eigenvalue weighted by Crippen LogP contribution is 2.19. The van der Waals surface area contributed by atoms with Crippen molar-refractivity contribution in [2.75, 3.05) is 0 Å². The number of hydrogen-bond acceptors (Lipinski definition) is 3. The average Bonchev–Trinajstić information content (AvgIpc) is 1.98. The molecule has 3 atom stereocenters. The second-order valence-electron chi connectivity index (χ2n) is 2.53. The lowest BCUT2D eigenvalue weighted by atomic mass is 10.0. The fraction of sp³-hybridized carbons (Fsp3) is 0.833. The fourth-order valence-electron chi connectivity index (χ4n) is 0.876. The van der Waals surface area contributed by atoms with Gasteiger partial charge in [0.15, 0.2) is 0 Å². The van der Waals surface area contributed by atoms with Crippen molar-refractivity contribution in [1.82, 2.24) is 0 Å². The molecule has 2 unspecified atom stereocenters. The van der Waals surface area contributed by atoms with E-state index in [0.717, 1.165) is 0 Å². The molecule has 3 nitrogen and oxygen atoms in total. The van der Waals surface area contributed by atoms with Crippen LogP contribution in [0, 0.1) is 5.92 Å². The van der Waals surface area contributed by atoms with Crippen LogP contribution in [-0.2, 0) is 9.53 Å². The molecule has 0 spiro atoms. The van der Waals surface area contributed by atoms with Gasteiger partial charge in [-0.3, -0.25) is 4.79 Å². The molecule has 0 radical (unpaired) electrons. The van der Waals surface area contributed by atoms with Crippen molar-refractivity contribution in [3.63, 3.8) is 0 Å². The van der Waals surface area contributed by atoms with Crippen LogP contribution in [-0.4, -0.2) is 18.1 Å². The highest BCUT2D eigenvalue weighted by molar-refractivity contribution is 5.78. The molecule has 0 aromatic heterocycles. The third-order valence-corrected chi connectivity index (χ3v) is 1.88. The van der Waals surface area contributed by atoms with Crippen molar-refractivity contribution in [1.29, 1.82) is 0 Å². The Labute approximate surface area is 54.2 Å². The molecule has 1 rings (SSSR count). The molecule has 0 bridgehead atoms.